The second kappa shape index (κ2) is 9.51. The van der Waals surface area contributed by atoms with Crippen molar-refractivity contribution in [2.75, 3.05) is 53.0 Å². The van der Waals surface area contributed by atoms with Crippen LogP contribution in [0.3, 0.4) is 0 Å². The molecule has 5 nitrogen and oxygen atoms in total. The fourth-order valence-electron chi connectivity index (χ4n) is 3.03. The van der Waals surface area contributed by atoms with E-state index < -0.39 is 17.0 Å². The normalized spacial score (nSPS) is 18.8. The van der Waals surface area contributed by atoms with Gasteiger partial charge in [0.15, 0.2) is 0 Å². The molecule has 132 valence electrons. The van der Waals surface area contributed by atoms with E-state index in [0.717, 1.165) is 6.04 Å². The minimum Gasteiger partial charge on any atom is -0.374 e. The first-order valence-electron chi connectivity index (χ1n) is 8.74. The Balaban J connectivity index is 2.64. The molecule has 0 aromatic heterocycles. The standard InChI is InChI=1S/C15H36N2O3Si2/c1-7-18-22(19-8-2,20-9-3)15-14-21(5,6)17-12-10-16(4)11-13-17/h7-15H2,1-6H3. The van der Waals surface area contributed by atoms with Crippen molar-refractivity contribution in [1.29, 1.82) is 0 Å². The quantitative estimate of drug-likeness (QED) is 0.567. The van der Waals surface area contributed by atoms with E-state index in [9.17, 15) is 0 Å². The summed E-state index contributed by atoms with van der Waals surface area (Å²) in [6, 6.07) is 2.14. The minimum atomic E-state index is -2.48. The Morgan fingerprint density at radius 3 is 1.64 bits per heavy atom. The van der Waals surface area contributed by atoms with Crippen molar-refractivity contribution >= 4 is 17.0 Å². The van der Waals surface area contributed by atoms with Crippen LogP contribution in [0, 0.1) is 0 Å². The van der Waals surface area contributed by atoms with Gasteiger partial charge in [-0.05, 0) is 33.9 Å². The van der Waals surface area contributed by atoms with Crippen molar-refractivity contribution in [2.24, 2.45) is 0 Å². The summed E-state index contributed by atoms with van der Waals surface area (Å²) in [5.41, 5.74) is 0. The smallest absolute Gasteiger partial charge is 0.374 e. The Morgan fingerprint density at radius 1 is 0.773 bits per heavy atom. The molecule has 1 fully saturated rings. The van der Waals surface area contributed by atoms with Crippen molar-refractivity contribution < 1.29 is 13.3 Å². The topological polar surface area (TPSA) is 34.2 Å². The third-order valence-electron chi connectivity index (χ3n) is 4.50. The predicted octanol–water partition coefficient (Wildman–Crippen LogP) is 2.49. The lowest BCUT2D eigenvalue weighted by Gasteiger charge is -2.43. The first-order valence-corrected chi connectivity index (χ1v) is 13.8. The summed E-state index contributed by atoms with van der Waals surface area (Å²) >= 11 is 0. The Morgan fingerprint density at radius 2 is 1.23 bits per heavy atom. The van der Waals surface area contributed by atoms with Crippen LogP contribution in [0.2, 0.25) is 25.2 Å². The zero-order valence-corrected chi connectivity index (χ0v) is 17.5. The fraction of sp³-hybridized carbons (Fsp3) is 1.00. The predicted molar refractivity (Wildman–Crippen MR) is 96.8 cm³/mol. The highest BCUT2D eigenvalue weighted by Gasteiger charge is 2.43. The number of piperazine rings is 1. The molecule has 0 radical (unpaired) electrons. The summed E-state index contributed by atoms with van der Waals surface area (Å²) in [6.07, 6.45) is 0. The summed E-state index contributed by atoms with van der Waals surface area (Å²) in [5, 5.41) is 0. The van der Waals surface area contributed by atoms with E-state index in [2.05, 4.69) is 29.6 Å². The summed E-state index contributed by atoms with van der Waals surface area (Å²) in [5.74, 6) is 0. The zero-order chi connectivity index (χ0) is 16.6. The van der Waals surface area contributed by atoms with Gasteiger partial charge < -0.3 is 22.7 Å². The van der Waals surface area contributed by atoms with Gasteiger partial charge in [0, 0.05) is 52.0 Å². The molecule has 0 aromatic rings. The van der Waals surface area contributed by atoms with Gasteiger partial charge in [-0.25, -0.2) is 0 Å². The van der Waals surface area contributed by atoms with Crippen LogP contribution in [-0.2, 0) is 13.3 Å². The van der Waals surface area contributed by atoms with Crippen LogP contribution in [0.5, 0.6) is 0 Å². The molecule has 0 bridgehead atoms. The molecule has 1 aliphatic rings. The number of hydrogen-bond acceptors (Lipinski definition) is 5. The summed E-state index contributed by atoms with van der Waals surface area (Å²) < 4.78 is 20.7. The lowest BCUT2D eigenvalue weighted by Crippen LogP contribution is -2.58. The molecule has 0 aliphatic carbocycles. The van der Waals surface area contributed by atoms with Gasteiger partial charge >= 0.3 is 8.80 Å². The first kappa shape index (κ1) is 20.3. The number of nitrogens with zero attached hydrogens (tertiary/aromatic N) is 2. The van der Waals surface area contributed by atoms with Crippen molar-refractivity contribution in [3.05, 3.63) is 0 Å². The summed E-state index contributed by atoms with van der Waals surface area (Å²) in [4.78, 5) is 2.42. The Labute approximate surface area is 139 Å². The highest BCUT2D eigenvalue weighted by molar-refractivity contribution is 6.76. The van der Waals surface area contributed by atoms with Gasteiger partial charge in [0.25, 0.3) is 0 Å². The van der Waals surface area contributed by atoms with Crippen molar-refractivity contribution in [3.8, 4) is 0 Å². The molecule has 0 N–H and O–H groups in total. The molecule has 1 heterocycles. The highest BCUT2D eigenvalue weighted by Crippen LogP contribution is 2.26. The summed E-state index contributed by atoms with van der Waals surface area (Å²) in [6.45, 7) is 17.8. The molecule has 22 heavy (non-hydrogen) atoms. The van der Waals surface area contributed by atoms with E-state index in [4.69, 9.17) is 13.3 Å². The van der Waals surface area contributed by atoms with Gasteiger partial charge in [0.2, 0.25) is 0 Å². The van der Waals surface area contributed by atoms with Gasteiger partial charge in [0.05, 0.1) is 0 Å². The van der Waals surface area contributed by atoms with Crippen molar-refractivity contribution in [3.63, 3.8) is 0 Å². The van der Waals surface area contributed by atoms with Crippen molar-refractivity contribution in [1.82, 2.24) is 9.47 Å². The second-order valence-corrected chi connectivity index (χ2v) is 14.1. The molecule has 0 unspecified atom stereocenters. The average Bonchev–Trinajstić information content (AvgIpc) is 2.47. The molecule has 0 saturated carbocycles. The second-order valence-electron chi connectivity index (χ2n) is 6.58. The molecule has 0 spiro atoms. The molecule has 7 heteroatoms. The zero-order valence-electron chi connectivity index (χ0n) is 15.5. The fourth-order valence-corrected chi connectivity index (χ4v) is 10.4. The van der Waals surface area contributed by atoms with E-state index >= 15 is 0 Å². The molecule has 1 rings (SSSR count). The third kappa shape index (κ3) is 6.03. The van der Waals surface area contributed by atoms with Gasteiger partial charge in [-0.3, -0.25) is 0 Å². The summed E-state index contributed by atoms with van der Waals surface area (Å²) in [7, 11) is -1.70. The molecule has 0 aromatic carbocycles. The number of hydrogen-bond donors (Lipinski definition) is 0. The number of rotatable bonds is 10. The maximum atomic E-state index is 6.00. The highest BCUT2D eigenvalue weighted by atomic mass is 28.4. The van der Waals surface area contributed by atoms with Gasteiger partial charge in [-0.2, -0.15) is 0 Å². The Bertz CT molecular complexity index is 294. The molecule has 0 amide bonds. The van der Waals surface area contributed by atoms with Crippen LogP contribution >= 0.6 is 0 Å². The molecule has 1 aliphatic heterocycles. The van der Waals surface area contributed by atoms with Crippen LogP contribution in [0.4, 0.5) is 0 Å². The first-order chi connectivity index (χ1) is 10.4. The third-order valence-corrected chi connectivity index (χ3v) is 11.7. The van der Waals surface area contributed by atoms with E-state index in [1.165, 1.54) is 32.2 Å². The monoisotopic (exact) mass is 348 g/mol. The van der Waals surface area contributed by atoms with Crippen LogP contribution in [0.25, 0.3) is 0 Å². The van der Waals surface area contributed by atoms with Gasteiger partial charge in [-0.15, -0.1) is 0 Å². The Hall–Kier alpha value is 0.234. The van der Waals surface area contributed by atoms with E-state index in [0.29, 0.717) is 19.8 Å². The van der Waals surface area contributed by atoms with E-state index in [1.807, 2.05) is 20.8 Å². The molecule has 1 saturated heterocycles. The van der Waals surface area contributed by atoms with Crippen LogP contribution in [0.1, 0.15) is 20.8 Å². The van der Waals surface area contributed by atoms with Crippen LogP contribution in [0.15, 0.2) is 0 Å². The van der Waals surface area contributed by atoms with Gasteiger partial charge in [0.1, 0.15) is 8.24 Å². The van der Waals surface area contributed by atoms with E-state index in [-0.39, 0.29) is 0 Å². The van der Waals surface area contributed by atoms with Crippen LogP contribution in [-0.4, -0.2) is 79.6 Å². The average molecular weight is 349 g/mol. The molecular weight excluding hydrogens is 312 g/mol. The maximum absolute atomic E-state index is 6.00. The largest absolute Gasteiger partial charge is 0.500 e. The molecular formula is C15H36N2O3Si2. The van der Waals surface area contributed by atoms with E-state index in [1.54, 1.807) is 0 Å². The maximum Gasteiger partial charge on any atom is 0.500 e. The van der Waals surface area contributed by atoms with Gasteiger partial charge in [-0.1, -0.05) is 13.1 Å². The minimum absolute atomic E-state index is 0.669. The Kier molecular flexibility index (Phi) is 8.77. The lowest BCUT2D eigenvalue weighted by molar-refractivity contribution is 0.0723. The van der Waals surface area contributed by atoms with Crippen LogP contribution < -0.4 is 0 Å². The number of likely N-dealkylation sites (N-methyl/N-ethyl adjacent to an activating group) is 1. The lowest BCUT2D eigenvalue weighted by atomic mass is 10.4. The van der Waals surface area contributed by atoms with Crippen molar-refractivity contribution in [2.45, 2.75) is 46.0 Å². The molecule has 0 atom stereocenters. The SMILES string of the molecule is CCO[Si](CC[Si](C)(C)N1CCN(C)CC1)(OCC)OCC.